The fourth-order valence-electron chi connectivity index (χ4n) is 0.316. The average molecular weight is 334 g/mol. The Labute approximate surface area is 123 Å². The van der Waals surface area contributed by atoms with Crippen LogP contribution in [0.1, 0.15) is 27.2 Å². The molecule has 11 heteroatoms. The van der Waals surface area contributed by atoms with Crippen LogP contribution in [-0.4, -0.2) is 62.2 Å². The molecule has 0 radical (unpaired) electrons. The molecule has 0 saturated heterocycles. The van der Waals surface area contributed by atoms with Gasteiger partial charge >= 0.3 is 8.80 Å². The van der Waals surface area contributed by atoms with Crippen LogP contribution in [0.3, 0.4) is 0 Å². The van der Waals surface area contributed by atoms with Gasteiger partial charge in [-0.15, -0.1) is 0 Å². The van der Waals surface area contributed by atoms with Crippen LogP contribution in [0.15, 0.2) is 0 Å². The van der Waals surface area contributed by atoms with Crippen molar-refractivity contribution in [1.82, 2.24) is 0 Å². The second-order valence-electron chi connectivity index (χ2n) is 3.16. The standard InChI is InChI=1S/C3H10O3SSi.3C2H4O2/c4-8(5,6)3-1-2-7;3*1-2(3)4/h4-7H,1-3H2;3*1H3,(H,3,4). The predicted molar refractivity (Wildman–Crippen MR) is 75.6 cm³/mol. The van der Waals surface area contributed by atoms with Gasteiger partial charge in [-0.3, -0.25) is 14.4 Å². The van der Waals surface area contributed by atoms with E-state index in [1.54, 1.807) is 0 Å². The molecule has 0 amide bonds. The van der Waals surface area contributed by atoms with Gasteiger partial charge in [-0.2, -0.15) is 12.6 Å². The molecule has 20 heavy (non-hydrogen) atoms. The highest BCUT2D eigenvalue weighted by Crippen LogP contribution is 2.00. The molecule has 0 spiro atoms. The van der Waals surface area contributed by atoms with E-state index in [1.807, 2.05) is 0 Å². The monoisotopic (exact) mass is 334 g/mol. The molecule has 0 rings (SSSR count). The molecule has 0 fully saturated rings. The molecule has 122 valence electrons. The first-order chi connectivity index (χ1) is 8.76. The lowest BCUT2D eigenvalue weighted by Crippen LogP contribution is -2.34. The van der Waals surface area contributed by atoms with Gasteiger partial charge in [0.2, 0.25) is 0 Å². The summed E-state index contributed by atoms with van der Waals surface area (Å²) in [5.41, 5.74) is 0. The topological polar surface area (TPSA) is 173 Å². The van der Waals surface area contributed by atoms with Crippen molar-refractivity contribution >= 4 is 39.3 Å². The van der Waals surface area contributed by atoms with E-state index in [-0.39, 0.29) is 6.04 Å². The molecule has 9 nitrogen and oxygen atoms in total. The van der Waals surface area contributed by atoms with Gasteiger partial charge in [0.25, 0.3) is 17.9 Å². The quantitative estimate of drug-likeness (QED) is 0.265. The van der Waals surface area contributed by atoms with Crippen molar-refractivity contribution in [2.75, 3.05) is 5.75 Å². The largest absolute Gasteiger partial charge is 0.492 e. The van der Waals surface area contributed by atoms with Crippen LogP contribution >= 0.6 is 12.6 Å². The van der Waals surface area contributed by atoms with E-state index in [2.05, 4.69) is 12.6 Å². The number of hydrogen-bond acceptors (Lipinski definition) is 7. The lowest BCUT2D eigenvalue weighted by Gasteiger charge is -2.05. The van der Waals surface area contributed by atoms with Crippen molar-refractivity contribution in [2.24, 2.45) is 0 Å². The van der Waals surface area contributed by atoms with Crippen LogP contribution in [-0.2, 0) is 14.4 Å². The summed E-state index contributed by atoms with van der Waals surface area (Å²) in [6, 6.07) is 0.0938. The Morgan fingerprint density at radius 1 is 0.850 bits per heavy atom. The zero-order valence-electron chi connectivity index (χ0n) is 11.5. The minimum atomic E-state index is -3.73. The van der Waals surface area contributed by atoms with Gasteiger partial charge in [0.15, 0.2) is 0 Å². The number of hydrogen-bond donors (Lipinski definition) is 7. The van der Waals surface area contributed by atoms with Crippen molar-refractivity contribution in [3.05, 3.63) is 0 Å². The molecule has 0 aliphatic carbocycles. The first-order valence-electron chi connectivity index (χ1n) is 5.12. The van der Waals surface area contributed by atoms with Crippen molar-refractivity contribution in [2.45, 2.75) is 33.2 Å². The lowest BCUT2D eigenvalue weighted by atomic mass is 10.6. The minimum Gasteiger partial charge on any atom is -0.481 e. The average Bonchev–Trinajstić information content (AvgIpc) is 2.10. The normalized spacial score (nSPS) is 8.55. The Kier molecular flexibility index (Phi) is 24.3. The fraction of sp³-hybridized carbons (Fsp3) is 0.667. The molecule has 0 heterocycles. The number of rotatable bonds is 3. The van der Waals surface area contributed by atoms with Gasteiger partial charge in [0.05, 0.1) is 0 Å². The zero-order valence-corrected chi connectivity index (χ0v) is 13.4. The molecule has 0 aromatic heterocycles. The number of aliphatic carboxylic acids is 3. The lowest BCUT2D eigenvalue weighted by molar-refractivity contribution is -0.135. The summed E-state index contributed by atoms with van der Waals surface area (Å²) in [5.74, 6) is -1.92. The van der Waals surface area contributed by atoms with Crippen molar-refractivity contribution in [1.29, 1.82) is 0 Å². The third-order valence-corrected chi connectivity index (χ3v) is 2.01. The maximum Gasteiger partial charge on any atom is 0.492 e. The summed E-state index contributed by atoms with van der Waals surface area (Å²) in [7, 11) is -3.73. The summed E-state index contributed by atoms with van der Waals surface area (Å²) >= 11 is 3.82. The Bertz CT molecular complexity index is 224. The van der Waals surface area contributed by atoms with Gasteiger partial charge in [-0.25, -0.2) is 0 Å². The number of carboxylic acid groups (broad SMARTS) is 3. The van der Waals surface area contributed by atoms with Crippen LogP contribution in [0.4, 0.5) is 0 Å². The first-order valence-corrected chi connectivity index (χ1v) is 7.80. The highest BCUT2D eigenvalue weighted by molar-refractivity contribution is 7.80. The van der Waals surface area contributed by atoms with E-state index in [0.29, 0.717) is 12.2 Å². The summed E-state index contributed by atoms with van der Waals surface area (Å²) in [5, 5.41) is 22.2. The minimum absolute atomic E-state index is 0.0938. The van der Waals surface area contributed by atoms with Crippen LogP contribution in [0.2, 0.25) is 6.04 Å². The molecule has 0 aliphatic heterocycles. The maximum atomic E-state index is 9.00. The van der Waals surface area contributed by atoms with E-state index in [1.165, 1.54) is 0 Å². The molecule has 0 aromatic rings. The summed E-state index contributed by atoms with van der Waals surface area (Å²) in [4.78, 5) is 52.1. The molecular weight excluding hydrogens is 312 g/mol. The van der Waals surface area contributed by atoms with Crippen molar-refractivity contribution < 1.29 is 44.1 Å². The Morgan fingerprint density at radius 3 is 1.10 bits per heavy atom. The highest BCUT2D eigenvalue weighted by Gasteiger charge is 2.24. The molecule has 0 bridgehead atoms. The number of carbonyl (C=O) groups is 3. The van der Waals surface area contributed by atoms with E-state index < -0.39 is 26.7 Å². The summed E-state index contributed by atoms with van der Waals surface area (Å²) in [6.45, 7) is 3.25. The maximum absolute atomic E-state index is 9.00. The predicted octanol–water partition coefficient (Wildman–Crippen LogP) is -0.505. The Balaban J connectivity index is -0.0000000917. The number of thiol groups is 1. The Morgan fingerprint density at radius 2 is 1.05 bits per heavy atom. The third kappa shape index (κ3) is 285. The SMILES string of the molecule is CC(=O)O.CC(=O)O.CC(=O)O.O[Si](O)(O)CCCS. The van der Waals surface area contributed by atoms with E-state index in [4.69, 9.17) is 44.1 Å². The van der Waals surface area contributed by atoms with Gasteiger partial charge in [-0.05, 0) is 12.2 Å². The van der Waals surface area contributed by atoms with Gasteiger partial charge < -0.3 is 29.7 Å². The fourth-order valence-corrected chi connectivity index (χ4v) is 1.42. The molecule has 0 aliphatic rings. The van der Waals surface area contributed by atoms with Crippen LogP contribution in [0, 0.1) is 0 Å². The Hall–Kier alpha value is -1.14. The van der Waals surface area contributed by atoms with Crippen LogP contribution in [0.25, 0.3) is 0 Å². The summed E-state index contributed by atoms with van der Waals surface area (Å²) < 4.78 is 0. The van der Waals surface area contributed by atoms with Crippen LogP contribution < -0.4 is 0 Å². The molecule has 6 N–H and O–H groups in total. The van der Waals surface area contributed by atoms with E-state index in [9.17, 15) is 0 Å². The van der Waals surface area contributed by atoms with Gasteiger partial charge in [0, 0.05) is 26.8 Å². The van der Waals surface area contributed by atoms with Gasteiger partial charge in [-0.1, -0.05) is 0 Å². The molecular formula is C9H22O9SSi. The van der Waals surface area contributed by atoms with E-state index in [0.717, 1.165) is 20.8 Å². The molecule has 0 aromatic carbocycles. The van der Waals surface area contributed by atoms with Crippen LogP contribution in [0.5, 0.6) is 0 Å². The molecule has 0 saturated carbocycles. The zero-order chi connectivity index (χ0) is 17.4. The third-order valence-electron chi connectivity index (χ3n) is 0.670. The molecule has 0 atom stereocenters. The van der Waals surface area contributed by atoms with E-state index >= 15 is 0 Å². The second-order valence-corrected chi connectivity index (χ2v) is 5.65. The van der Waals surface area contributed by atoms with Gasteiger partial charge in [0.1, 0.15) is 0 Å². The second kappa shape index (κ2) is 17.9. The molecule has 0 unspecified atom stereocenters. The first kappa shape index (κ1) is 27.2. The highest BCUT2D eigenvalue weighted by atomic mass is 32.1. The number of carboxylic acids is 3. The van der Waals surface area contributed by atoms with Crippen molar-refractivity contribution in [3.63, 3.8) is 0 Å². The van der Waals surface area contributed by atoms with Crippen molar-refractivity contribution in [3.8, 4) is 0 Å². The smallest absolute Gasteiger partial charge is 0.481 e. The summed E-state index contributed by atoms with van der Waals surface area (Å²) in [6.07, 6.45) is 0.554.